The molecule has 1 N–H and O–H groups in total. The summed E-state index contributed by atoms with van der Waals surface area (Å²) in [6.07, 6.45) is 3.28. The summed E-state index contributed by atoms with van der Waals surface area (Å²) in [6, 6.07) is 8.55. The summed E-state index contributed by atoms with van der Waals surface area (Å²) >= 11 is 0. The predicted molar refractivity (Wildman–Crippen MR) is 95.5 cm³/mol. The number of amides is 3. The second kappa shape index (κ2) is 5.94. The van der Waals surface area contributed by atoms with E-state index in [0.29, 0.717) is 28.2 Å². The number of carbonyl (C=O) groups is 3. The zero-order valence-corrected chi connectivity index (χ0v) is 14.5. The highest BCUT2D eigenvalue weighted by atomic mass is 16.2. The summed E-state index contributed by atoms with van der Waals surface area (Å²) in [6.45, 7) is 0. The van der Waals surface area contributed by atoms with Gasteiger partial charge in [0.05, 0.1) is 16.7 Å². The van der Waals surface area contributed by atoms with Crippen LogP contribution in [0.2, 0.25) is 0 Å². The van der Waals surface area contributed by atoms with Crippen LogP contribution in [0.15, 0.2) is 36.5 Å². The van der Waals surface area contributed by atoms with E-state index in [1.54, 1.807) is 44.4 Å². The molecule has 1 aliphatic carbocycles. The molecule has 26 heavy (non-hydrogen) atoms. The van der Waals surface area contributed by atoms with Gasteiger partial charge >= 0.3 is 0 Å². The maximum atomic E-state index is 12.5. The summed E-state index contributed by atoms with van der Waals surface area (Å²) in [5.74, 6) is 0.00157. The van der Waals surface area contributed by atoms with E-state index >= 15 is 0 Å². The summed E-state index contributed by atoms with van der Waals surface area (Å²) < 4.78 is 0. The molecule has 7 heteroatoms. The molecule has 132 valence electrons. The van der Waals surface area contributed by atoms with Gasteiger partial charge in [-0.2, -0.15) is 0 Å². The van der Waals surface area contributed by atoms with Crippen molar-refractivity contribution in [3.8, 4) is 0 Å². The van der Waals surface area contributed by atoms with Crippen molar-refractivity contribution in [2.24, 2.45) is 0 Å². The molecule has 4 rings (SSSR count). The van der Waals surface area contributed by atoms with Crippen LogP contribution in [0.4, 0.5) is 11.5 Å². The Morgan fingerprint density at radius 3 is 2.46 bits per heavy atom. The van der Waals surface area contributed by atoms with Gasteiger partial charge in [0.2, 0.25) is 0 Å². The van der Waals surface area contributed by atoms with Gasteiger partial charge in [-0.1, -0.05) is 0 Å². The number of nitrogens with one attached hydrogen (secondary N) is 1. The van der Waals surface area contributed by atoms with Gasteiger partial charge in [0.15, 0.2) is 0 Å². The van der Waals surface area contributed by atoms with Gasteiger partial charge < -0.3 is 10.2 Å². The van der Waals surface area contributed by atoms with Crippen LogP contribution in [-0.2, 0) is 0 Å². The molecular weight excluding hydrogens is 332 g/mol. The van der Waals surface area contributed by atoms with Crippen molar-refractivity contribution in [3.05, 3.63) is 53.2 Å². The lowest BCUT2D eigenvalue weighted by Gasteiger charge is -2.11. The number of fused-ring (bicyclic) bond motifs is 1. The van der Waals surface area contributed by atoms with Gasteiger partial charge in [0.1, 0.15) is 5.82 Å². The number of anilines is 2. The topological polar surface area (TPSA) is 82.6 Å². The van der Waals surface area contributed by atoms with Crippen LogP contribution in [0, 0.1) is 0 Å². The second-order valence-corrected chi connectivity index (χ2v) is 6.73. The molecule has 1 aromatic heterocycles. The quantitative estimate of drug-likeness (QED) is 0.856. The van der Waals surface area contributed by atoms with Crippen LogP contribution in [0.1, 0.15) is 43.9 Å². The number of rotatable bonds is 4. The van der Waals surface area contributed by atoms with Gasteiger partial charge in [-0.3, -0.25) is 19.3 Å². The number of hydrogen-bond donors (Lipinski definition) is 1. The fraction of sp³-hybridized carbons (Fsp3) is 0.263. The van der Waals surface area contributed by atoms with Gasteiger partial charge in [-0.05, 0) is 43.2 Å². The normalized spacial score (nSPS) is 15.8. The second-order valence-electron chi connectivity index (χ2n) is 6.73. The molecule has 7 nitrogen and oxygen atoms in total. The first-order valence-corrected chi connectivity index (χ1v) is 8.42. The minimum absolute atomic E-state index is 0.0576. The Kier molecular flexibility index (Phi) is 3.72. The Morgan fingerprint density at radius 1 is 1.12 bits per heavy atom. The van der Waals surface area contributed by atoms with Crippen LogP contribution in [0.3, 0.4) is 0 Å². The SMILES string of the molecule is CN(C)C(=O)c1ccc(Nc2ccc3c(c2)C(=O)N(C2CC2)C3=O)nc1. The zero-order chi connectivity index (χ0) is 18.4. The number of pyridine rings is 1. The molecule has 0 radical (unpaired) electrons. The van der Waals surface area contributed by atoms with E-state index in [4.69, 9.17) is 0 Å². The number of aromatic nitrogens is 1. The zero-order valence-electron chi connectivity index (χ0n) is 14.5. The number of carbonyl (C=O) groups excluding carboxylic acids is 3. The van der Waals surface area contributed by atoms with Crippen molar-refractivity contribution in [3.63, 3.8) is 0 Å². The van der Waals surface area contributed by atoms with E-state index in [0.717, 1.165) is 12.8 Å². The Labute approximate surface area is 150 Å². The van der Waals surface area contributed by atoms with Gasteiger partial charge in [0.25, 0.3) is 17.7 Å². The maximum absolute atomic E-state index is 12.5. The minimum Gasteiger partial charge on any atom is -0.345 e. The molecule has 2 aliphatic rings. The lowest BCUT2D eigenvalue weighted by molar-refractivity contribution is 0.0642. The summed E-state index contributed by atoms with van der Waals surface area (Å²) in [4.78, 5) is 43.8. The Hall–Kier alpha value is -3.22. The Bertz CT molecular complexity index is 917. The van der Waals surface area contributed by atoms with E-state index in [9.17, 15) is 14.4 Å². The third-order valence-corrected chi connectivity index (χ3v) is 4.52. The highest BCUT2D eigenvalue weighted by Gasteiger charge is 2.44. The van der Waals surface area contributed by atoms with Gasteiger partial charge in [-0.15, -0.1) is 0 Å². The lowest BCUT2D eigenvalue weighted by atomic mass is 10.1. The molecule has 0 spiro atoms. The van der Waals surface area contributed by atoms with Crippen LogP contribution < -0.4 is 5.32 Å². The molecule has 2 aromatic rings. The number of nitrogens with zero attached hydrogens (tertiary/aromatic N) is 3. The van der Waals surface area contributed by atoms with E-state index in [-0.39, 0.29) is 23.8 Å². The first-order valence-electron chi connectivity index (χ1n) is 8.42. The third-order valence-electron chi connectivity index (χ3n) is 4.52. The van der Waals surface area contributed by atoms with Crippen molar-refractivity contribution in [2.45, 2.75) is 18.9 Å². The van der Waals surface area contributed by atoms with E-state index < -0.39 is 0 Å². The minimum atomic E-state index is -0.226. The molecule has 3 amide bonds. The van der Waals surface area contributed by atoms with Crippen molar-refractivity contribution in [1.82, 2.24) is 14.8 Å². The van der Waals surface area contributed by atoms with E-state index in [2.05, 4.69) is 10.3 Å². The smallest absolute Gasteiger partial charge is 0.261 e. The number of hydrogen-bond acceptors (Lipinski definition) is 5. The van der Waals surface area contributed by atoms with Crippen LogP contribution in [0.25, 0.3) is 0 Å². The van der Waals surface area contributed by atoms with Crippen LogP contribution >= 0.6 is 0 Å². The number of benzene rings is 1. The number of imide groups is 1. The molecule has 2 heterocycles. The van der Waals surface area contributed by atoms with Crippen molar-refractivity contribution in [1.29, 1.82) is 0 Å². The lowest BCUT2D eigenvalue weighted by Crippen LogP contribution is -2.31. The van der Waals surface area contributed by atoms with Crippen molar-refractivity contribution in [2.75, 3.05) is 19.4 Å². The molecular formula is C19H18N4O3. The first-order chi connectivity index (χ1) is 12.5. The summed E-state index contributed by atoms with van der Waals surface area (Å²) in [5.41, 5.74) is 2.04. The van der Waals surface area contributed by atoms with Crippen LogP contribution in [-0.4, -0.2) is 52.6 Å². The highest BCUT2D eigenvalue weighted by molar-refractivity contribution is 6.22. The summed E-state index contributed by atoms with van der Waals surface area (Å²) in [7, 11) is 3.37. The average Bonchev–Trinajstić information content (AvgIpc) is 3.43. The molecule has 0 saturated heterocycles. The standard InChI is InChI=1S/C19H18N4O3/c1-22(2)17(24)11-3-8-16(20-10-11)21-12-4-7-14-15(9-12)19(26)23(18(14)25)13-5-6-13/h3-4,7-10,13H,5-6H2,1-2H3,(H,20,21). The van der Waals surface area contributed by atoms with Crippen molar-refractivity contribution >= 4 is 29.2 Å². The predicted octanol–water partition coefficient (Wildman–Crippen LogP) is 2.29. The van der Waals surface area contributed by atoms with Gasteiger partial charge in [-0.25, -0.2) is 4.98 Å². The Balaban J connectivity index is 1.55. The van der Waals surface area contributed by atoms with Crippen molar-refractivity contribution < 1.29 is 14.4 Å². The first kappa shape index (κ1) is 16.3. The van der Waals surface area contributed by atoms with Gasteiger partial charge in [0, 0.05) is 32.0 Å². The summed E-state index contributed by atoms with van der Waals surface area (Å²) in [5, 5.41) is 3.11. The third kappa shape index (κ3) is 2.71. The molecule has 1 aliphatic heterocycles. The Morgan fingerprint density at radius 2 is 1.85 bits per heavy atom. The molecule has 0 unspecified atom stereocenters. The molecule has 0 atom stereocenters. The molecule has 1 aromatic carbocycles. The van der Waals surface area contributed by atoms with Crippen LogP contribution in [0.5, 0.6) is 0 Å². The molecule has 1 saturated carbocycles. The monoisotopic (exact) mass is 350 g/mol. The maximum Gasteiger partial charge on any atom is 0.261 e. The molecule has 1 fully saturated rings. The van der Waals surface area contributed by atoms with E-state index in [1.807, 2.05) is 0 Å². The highest BCUT2D eigenvalue weighted by Crippen LogP contribution is 2.35. The molecule has 0 bridgehead atoms. The largest absolute Gasteiger partial charge is 0.345 e. The fourth-order valence-electron chi connectivity index (χ4n) is 3.00. The van der Waals surface area contributed by atoms with E-state index in [1.165, 1.54) is 16.0 Å². The average molecular weight is 350 g/mol. The fourth-order valence-corrected chi connectivity index (χ4v) is 3.00.